The highest BCUT2D eigenvalue weighted by Gasteiger charge is 2.51. The quantitative estimate of drug-likeness (QED) is 0.119. The molecular weight excluding hydrogens is 596 g/mol. The predicted octanol–water partition coefficient (Wildman–Crippen LogP) is -2.71. The maximum atomic E-state index is 13.6. The number of hydrogen-bond donors (Lipinski definition) is 11. The Balaban J connectivity index is 1.51. The maximum Gasteiger partial charge on any atom is 0.239 e. The van der Waals surface area contributed by atoms with Gasteiger partial charge in [0.25, 0.3) is 0 Å². The fraction of sp³-hybridized carbons (Fsp3) is 0.444. The Morgan fingerprint density at radius 3 is 2.05 bits per heavy atom. The molecule has 0 bridgehead atoms. The van der Waals surface area contributed by atoms with E-state index < -0.39 is 120 Å². The summed E-state index contributed by atoms with van der Waals surface area (Å²) in [5.41, 5.74) is -1.40. The molecule has 44 heavy (non-hydrogen) atoms. The minimum Gasteiger partial charge on any atom is -0.508 e. The van der Waals surface area contributed by atoms with Gasteiger partial charge in [-0.1, -0.05) is 0 Å². The van der Waals surface area contributed by atoms with Crippen molar-refractivity contribution in [2.75, 3.05) is 13.2 Å². The molecule has 5 rings (SSSR count). The van der Waals surface area contributed by atoms with E-state index in [1.54, 1.807) is 0 Å². The highest BCUT2D eigenvalue weighted by Crippen LogP contribution is 2.40. The molecule has 1 aromatic heterocycles. The van der Waals surface area contributed by atoms with Crippen LogP contribution in [0, 0.1) is 0 Å². The molecule has 10 unspecified atom stereocenters. The number of phenols is 4. The van der Waals surface area contributed by atoms with Crippen LogP contribution in [0.5, 0.6) is 28.7 Å². The van der Waals surface area contributed by atoms with Gasteiger partial charge in [-0.25, -0.2) is 0 Å². The normalized spacial score (nSPS) is 32.5. The van der Waals surface area contributed by atoms with Crippen molar-refractivity contribution in [2.24, 2.45) is 0 Å². The number of benzene rings is 2. The topological polar surface area (TPSA) is 290 Å². The second-order valence-electron chi connectivity index (χ2n) is 10.2. The van der Waals surface area contributed by atoms with Gasteiger partial charge < -0.3 is 79.5 Å². The van der Waals surface area contributed by atoms with E-state index >= 15 is 0 Å². The number of aliphatic hydroxyl groups excluding tert-OH is 7. The number of aromatic hydroxyl groups is 4. The number of rotatable bonds is 7. The van der Waals surface area contributed by atoms with E-state index in [9.17, 15) is 61.0 Å². The highest BCUT2D eigenvalue weighted by molar-refractivity contribution is 5.88. The summed E-state index contributed by atoms with van der Waals surface area (Å²) in [7, 11) is 0. The molecular formula is C27H30O17. The SMILES string of the molecule is O=c1c(OC2C(CO)OC(OC3C(CO)OC(O)C(O)C3O)C(O)C2O)c(-c2ccc(O)c(O)c2)oc2cc(O)cc(O)c12. The van der Waals surface area contributed by atoms with E-state index in [4.69, 9.17) is 23.4 Å². The van der Waals surface area contributed by atoms with Crippen molar-refractivity contribution in [3.05, 3.63) is 40.6 Å². The van der Waals surface area contributed by atoms with Crippen LogP contribution in [-0.4, -0.2) is 131 Å². The Morgan fingerprint density at radius 1 is 0.727 bits per heavy atom. The first-order valence-electron chi connectivity index (χ1n) is 13.2. The Hall–Kier alpha value is -3.75. The van der Waals surface area contributed by atoms with Gasteiger partial charge in [-0.2, -0.15) is 0 Å². The van der Waals surface area contributed by atoms with Gasteiger partial charge >= 0.3 is 0 Å². The Morgan fingerprint density at radius 2 is 1.39 bits per heavy atom. The first-order valence-corrected chi connectivity index (χ1v) is 13.2. The lowest BCUT2D eigenvalue weighted by Crippen LogP contribution is -2.65. The summed E-state index contributed by atoms with van der Waals surface area (Å²) < 4.78 is 27.6. The van der Waals surface area contributed by atoms with E-state index in [-0.39, 0.29) is 11.1 Å². The van der Waals surface area contributed by atoms with E-state index in [0.29, 0.717) is 0 Å². The predicted molar refractivity (Wildman–Crippen MR) is 142 cm³/mol. The van der Waals surface area contributed by atoms with Crippen LogP contribution in [0.15, 0.2) is 39.5 Å². The lowest BCUT2D eigenvalue weighted by molar-refractivity contribution is -0.353. The molecule has 240 valence electrons. The van der Waals surface area contributed by atoms with Crippen LogP contribution >= 0.6 is 0 Å². The molecule has 10 atom stereocenters. The Labute approximate surface area is 246 Å². The Kier molecular flexibility index (Phi) is 8.87. The minimum absolute atomic E-state index is 0.0484. The molecule has 0 amide bonds. The lowest BCUT2D eigenvalue weighted by Gasteiger charge is -2.46. The molecule has 17 heteroatoms. The minimum atomic E-state index is -2.02. The summed E-state index contributed by atoms with van der Waals surface area (Å²) >= 11 is 0. The standard InChI is InChI=1S/C27H30O17/c28-6-14-24(18(35)20(37)26(39)41-14)44-27-21(38)19(36)23(15(7-29)42-27)43-25-17(34)16-12(33)4-9(30)5-13(16)40-22(25)8-1-2-10(31)11(32)3-8/h1-5,14-15,18-21,23-24,26-33,35-39H,6-7H2. The summed E-state index contributed by atoms with van der Waals surface area (Å²) in [5.74, 6) is -3.41. The highest BCUT2D eigenvalue weighted by atomic mass is 16.7. The number of ether oxygens (including phenoxy) is 4. The smallest absolute Gasteiger partial charge is 0.239 e. The van der Waals surface area contributed by atoms with Crippen LogP contribution in [-0.2, 0) is 14.2 Å². The molecule has 2 fully saturated rings. The van der Waals surface area contributed by atoms with E-state index in [2.05, 4.69) is 0 Å². The maximum absolute atomic E-state index is 13.6. The average Bonchev–Trinajstić information content (AvgIpc) is 2.98. The molecule has 17 nitrogen and oxygen atoms in total. The lowest BCUT2D eigenvalue weighted by atomic mass is 9.96. The summed E-state index contributed by atoms with van der Waals surface area (Å²) in [6.07, 6.45) is -17.7. The molecule has 2 aliphatic heterocycles. The first kappa shape index (κ1) is 31.7. The number of fused-ring (bicyclic) bond motifs is 1. The van der Waals surface area contributed by atoms with Gasteiger partial charge in [0.05, 0.1) is 13.2 Å². The van der Waals surface area contributed by atoms with Crippen molar-refractivity contribution in [2.45, 2.75) is 61.4 Å². The zero-order valence-corrected chi connectivity index (χ0v) is 22.4. The summed E-state index contributed by atoms with van der Waals surface area (Å²) in [6.45, 7) is -1.71. The van der Waals surface area contributed by atoms with Gasteiger partial charge in [0.2, 0.25) is 11.2 Å². The third-order valence-electron chi connectivity index (χ3n) is 7.36. The molecule has 3 aromatic rings. The fourth-order valence-electron chi connectivity index (χ4n) is 5.07. The van der Waals surface area contributed by atoms with Gasteiger partial charge in [0.15, 0.2) is 35.9 Å². The van der Waals surface area contributed by atoms with E-state index in [1.165, 1.54) is 6.07 Å². The average molecular weight is 627 g/mol. The summed E-state index contributed by atoms with van der Waals surface area (Å²) in [4.78, 5) is 13.6. The van der Waals surface area contributed by atoms with Gasteiger partial charge in [0.1, 0.15) is 65.2 Å². The van der Waals surface area contributed by atoms with E-state index in [0.717, 1.165) is 24.3 Å². The van der Waals surface area contributed by atoms with Crippen LogP contribution in [0.25, 0.3) is 22.3 Å². The Bertz CT molecular complexity index is 1550. The van der Waals surface area contributed by atoms with Crippen LogP contribution in [0.2, 0.25) is 0 Å². The van der Waals surface area contributed by atoms with Crippen molar-refractivity contribution in [1.29, 1.82) is 0 Å². The van der Waals surface area contributed by atoms with Crippen LogP contribution in [0.4, 0.5) is 0 Å². The second kappa shape index (κ2) is 12.3. The molecule has 2 saturated heterocycles. The van der Waals surface area contributed by atoms with Crippen molar-refractivity contribution in [1.82, 2.24) is 0 Å². The second-order valence-corrected chi connectivity index (χ2v) is 10.2. The van der Waals surface area contributed by atoms with Crippen molar-refractivity contribution >= 4 is 11.0 Å². The van der Waals surface area contributed by atoms with Gasteiger partial charge in [0, 0.05) is 17.7 Å². The third-order valence-corrected chi connectivity index (χ3v) is 7.36. The van der Waals surface area contributed by atoms with Crippen molar-refractivity contribution in [3.8, 4) is 40.1 Å². The molecule has 0 aliphatic carbocycles. The zero-order chi connectivity index (χ0) is 32.0. The van der Waals surface area contributed by atoms with Crippen molar-refractivity contribution < 1.29 is 79.5 Å². The number of hydrogen-bond acceptors (Lipinski definition) is 17. The molecule has 11 N–H and O–H groups in total. The van der Waals surface area contributed by atoms with Crippen LogP contribution < -0.4 is 10.2 Å². The van der Waals surface area contributed by atoms with Gasteiger partial charge in [-0.3, -0.25) is 4.79 Å². The third kappa shape index (κ3) is 5.61. The molecule has 0 spiro atoms. The number of phenolic OH excluding ortho intramolecular Hbond substituents is 4. The summed E-state index contributed by atoms with van der Waals surface area (Å²) in [5, 5.41) is 111. The number of aliphatic hydroxyl groups is 7. The largest absolute Gasteiger partial charge is 0.508 e. The fourth-order valence-corrected chi connectivity index (χ4v) is 5.07. The van der Waals surface area contributed by atoms with Crippen LogP contribution in [0.1, 0.15) is 0 Å². The van der Waals surface area contributed by atoms with Gasteiger partial charge in [-0.15, -0.1) is 0 Å². The molecule has 0 radical (unpaired) electrons. The zero-order valence-electron chi connectivity index (χ0n) is 22.4. The molecule has 3 heterocycles. The first-order chi connectivity index (χ1) is 20.9. The van der Waals surface area contributed by atoms with Crippen molar-refractivity contribution in [3.63, 3.8) is 0 Å². The molecule has 2 aliphatic rings. The molecule has 2 aromatic carbocycles. The van der Waals surface area contributed by atoms with E-state index in [1.807, 2.05) is 0 Å². The van der Waals surface area contributed by atoms with Gasteiger partial charge in [-0.05, 0) is 18.2 Å². The molecule has 0 saturated carbocycles. The monoisotopic (exact) mass is 626 g/mol. The van der Waals surface area contributed by atoms with Crippen LogP contribution in [0.3, 0.4) is 0 Å². The summed E-state index contributed by atoms with van der Waals surface area (Å²) in [6, 6.07) is 5.17.